The quantitative estimate of drug-likeness (QED) is 0.163. The molecule has 0 radical (unpaired) electrons. The van der Waals surface area contributed by atoms with Crippen molar-refractivity contribution >= 4 is 33.7 Å². The molecule has 6 N–H and O–H groups in total. The van der Waals surface area contributed by atoms with Gasteiger partial charge in [0.1, 0.15) is 12.1 Å². The molecule has 0 spiro atoms. The van der Waals surface area contributed by atoms with Gasteiger partial charge in [-0.05, 0) is 51.6 Å². The second-order valence-electron chi connectivity index (χ2n) is 8.22. The molecule has 0 saturated carbocycles. The van der Waals surface area contributed by atoms with Gasteiger partial charge in [-0.25, -0.2) is 8.42 Å². The summed E-state index contributed by atoms with van der Waals surface area (Å²) in [6, 6.07) is -2.36. The molecule has 13 heteroatoms. The molecule has 0 aromatic carbocycles. The highest BCUT2D eigenvalue weighted by atomic mass is 32.2. The number of rotatable bonds is 15. The fraction of sp³-hybridized carbons (Fsp3) is 0.800. The first-order valence-corrected chi connectivity index (χ1v) is 13.0. The summed E-state index contributed by atoms with van der Waals surface area (Å²) in [6.07, 6.45) is 4.16. The van der Waals surface area contributed by atoms with Crippen molar-refractivity contribution in [3.63, 3.8) is 0 Å². The Kier molecular flexibility index (Phi) is 12.9. The standard InChI is InChI=1S/C20H37N5O7S/c1-3-4-11-33(31,32)25-16(20(29)30)12-22-18(27)13-23-19(28)14(2)24-17(26)6-5-15-7-9-21-10-8-15/h14-16,21,25H,3-13H2,1-2H3,(H,22,27)(H,23,28)(H,24,26)(H,29,30)/t14-,16-/m0/s1. The maximum Gasteiger partial charge on any atom is 0.323 e. The summed E-state index contributed by atoms with van der Waals surface area (Å²) in [7, 11) is -3.79. The Morgan fingerprint density at radius 2 is 1.76 bits per heavy atom. The lowest BCUT2D eigenvalue weighted by molar-refractivity contribution is -0.139. The molecule has 1 saturated heterocycles. The van der Waals surface area contributed by atoms with E-state index in [1.807, 2.05) is 4.72 Å². The van der Waals surface area contributed by atoms with Crippen molar-refractivity contribution in [2.24, 2.45) is 5.92 Å². The minimum absolute atomic E-state index is 0.210. The number of piperidine rings is 1. The van der Waals surface area contributed by atoms with E-state index in [0.717, 1.165) is 32.4 Å². The summed E-state index contributed by atoms with van der Waals surface area (Å²) in [5.41, 5.74) is 0. The van der Waals surface area contributed by atoms with Gasteiger partial charge in [-0.2, -0.15) is 4.72 Å². The topological polar surface area (TPSA) is 183 Å². The number of hydrogen-bond donors (Lipinski definition) is 6. The number of sulfonamides is 1. The van der Waals surface area contributed by atoms with Gasteiger partial charge in [0, 0.05) is 13.0 Å². The number of amides is 3. The van der Waals surface area contributed by atoms with E-state index in [2.05, 4.69) is 21.3 Å². The molecule has 0 aromatic heterocycles. The highest BCUT2D eigenvalue weighted by Gasteiger charge is 2.24. The zero-order chi connectivity index (χ0) is 24.9. The molecule has 3 amide bonds. The number of nitrogens with one attached hydrogen (secondary N) is 5. The Hall–Kier alpha value is -2.25. The molecule has 190 valence electrons. The number of carboxylic acids is 1. The van der Waals surface area contributed by atoms with Gasteiger partial charge in [-0.15, -0.1) is 0 Å². The molecular formula is C20H37N5O7S. The number of aliphatic carboxylic acids is 1. The fourth-order valence-electron chi connectivity index (χ4n) is 3.27. The number of unbranched alkanes of at least 4 members (excludes halogenated alkanes) is 1. The van der Waals surface area contributed by atoms with Crippen LogP contribution in [-0.2, 0) is 29.2 Å². The molecule has 1 rings (SSSR count). The third kappa shape index (κ3) is 12.5. The molecule has 1 fully saturated rings. The molecule has 1 aliphatic heterocycles. The Morgan fingerprint density at radius 3 is 2.36 bits per heavy atom. The van der Waals surface area contributed by atoms with Crippen LogP contribution in [-0.4, -0.2) is 81.2 Å². The zero-order valence-corrected chi connectivity index (χ0v) is 20.1. The third-order valence-corrected chi connectivity index (χ3v) is 6.79. The highest BCUT2D eigenvalue weighted by Crippen LogP contribution is 2.17. The van der Waals surface area contributed by atoms with Crippen molar-refractivity contribution < 1.29 is 32.7 Å². The number of carbonyl (C=O) groups is 4. The second kappa shape index (κ2) is 14.8. The van der Waals surface area contributed by atoms with Gasteiger partial charge >= 0.3 is 5.97 Å². The Labute approximate surface area is 195 Å². The van der Waals surface area contributed by atoms with E-state index in [1.54, 1.807) is 6.92 Å². The predicted molar refractivity (Wildman–Crippen MR) is 122 cm³/mol. The lowest BCUT2D eigenvalue weighted by Gasteiger charge is -2.22. The largest absolute Gasteiger partial charge is 0.480 e. The number of carbonyl (C=O) groups excluding carboxylic acids is 3. The maximum absolute atomic E-state index is 12.1. The smallest absolute Gasteiger partial charge is 0.323 e. The van der Waals surface area contributed by atoms with Crippen LogP contribution in [0.4, 0.5) is 0 Å². The Morgan fingerprint density at radius 1 is 1.09 bits per heavy atom. The van der Waals surface area contributed by atoms with Crippen LogP contribution in [0.5, 0.6) is 0 Å². The lowest BCUT2D eigenvalue weighted by Crippen LogP contribution is -2.51. The van der Waals surface area contributed by atoms with E-state index in [4.69, 9.17) is 0 Å². The second-order valence-corrected chi connectivity index (χ2v) is 10.1. The fourth-order valence-corrected chi connectivity index (χ4v) is 4.68. The van der Waals surface area contributed by atoms with E-state index in [9.17, 15) is 32.7 Å². The van der Waals surface area contributed by atoms with Crippen molar-refractivity contribution in [3.05, 3.63) is 0 Å². The SMILES string of the molecule is CCCCS(=O)(=O)N[C@@H](CNC(=O)CNC(=O)[C@H](C)NC(=O)CCC1CCNCC1)C(=O)O. The number of hydrogen-bond acceptors (Lipinski definition) is 7. The summed E-state index contributed by atoms with van der Waals surface area (Å²) in [6.45, 7) is 4.29. The van der Waals surface area contributed by atoms with Gasteiger partial charge in [0.05, 0.1) is 12.3 Å². The summed E-state index contributed by atoms with van der Waals surface area (Å²) >= 11 is 0. The third-order valence-electron chi connectivity index (χ3n) is 5.32. The van der Waals surface area contributed by atoms with Crippen molar-refractivity contribution in [1.29, 1.82) is 0 Å². The minimum Gasteiger partial charge on any atom is -0.480 e. The summed E-state index contributed by atoms with van der Waals surface area (Å²) < 4.78 is 25.8. The van der Waals surface area contributed by atoms with Crippen LogP contribution in [0.1, 0.15) is 52.4 Å². The van der Waals surface area contributed by atoms with Crippen LogP contribution in [0.3, 0.4) is 0 Å². The van der Waals surface area contributed by atoms with E-state index < -0.39 is 53.0 Å². The van der Waals surface area contributed by atoms with Gasteiger partial charge in [0.2, 0.25) is 27.7 Å². The monoisotopic (exact) mass is 491 g/mol. The van der Waals surface area contributed by atoms with E-state index in [-0.39, 0.29) is 11.7 Å². The van der Waals surface area contributed by atoms with Gasteiger partial charge < -0.3 is 26.4 Å². The Balaban J connectivity index is 2.33. The van der Waals surface area contributed by atoms with Gasteiger partial charge in [-0.3, -0.25) is 19.2 Å². The summed E-state index contributed by atoms with van der Waals surface area (Å²) in [5.74, 6) is -2.63. The average molecular weight is 492 g/mol. The van der Waals surface area contributed by atoms with Crippen LogP contribution < -0.4 is 26.0 Å². The first-order valence-electron chi connectivity index (χ1n) is 11.3. The molecule has 0 aromatic rings. The van der Waals surface area contributed by atoms with Crippen LogP contribution in [0, 0.1) is 5.92 Å². The summed E-state index contributed by atoms with van der Waals surface area (Å²) in [5, 5.41) is 19.7. The number of carboxylic acid groups (broad SMARTS) is 1. The maximum atomic E-state index is 12.1. The normalized spacial score (nSPS) is 16.4. The van der Waals surface area contributed by atoms with E-state index >= 15 is 0 Å². The molecule has 12 nitrogen and oxygen atoms in total. The van der Waals surface area contributed by atoms with Crippen molar-refractivity contribution in [1.82, 2.24) is 26.0 Å². The van der Waals surface area contributed by atoms with Crippen LogP contribution >= 0.6 is 0 Å². The Bertz CT molecular complexity index is 769. The molecule has 1 aliphatic rings. The van der Waals surface area contributed by atoms with Crippen molar-refractivity contribution in [2.45, 2.75) is 64.5 Å². The van der Waals surface area contributed by atoms with Crippen molar-refractivity contribution in [3.8, 4) is 0 Å². The van der Waals surface area contributed by atoms with Gasteiger partial charge in [-0.1, -0.05) is 13.3 Å². The van der Waals surface area contributed by atoms with E-state index in [1.165, 1.54) is 6.92 Å². The van der Waals surface area contributed by atoms with Gasteiger partial charge in [0.15, 0.2) is 0 Å². The molecule has 0 bridgehead atoms. The zero-order valence-electron chi connectivity index (χ0n) is 19.3. The first kappa shape index (κ1) is 28.8. The first-order chi connectivity index (χ1) is 15.5. The summed E-state index contributed by atoms with van der Waals surface area (Å²) in [4.78, 5) is 47.4. The lowest BCUT2D eigenvalue weighted by atomic mass is 9.93. The molecular weight excluding hydrogens is 454 g/mol. The average Bonchev–Trinajstić information content (AvgIpc) is 2.77. The minimum atomic E-state index is -3.79. The van der Waals surface area contributed by atoms with Crippen LogP contribution in [0.25, 0.3) is 0 Å². The van der Waals surface area contributed by atoms with Gasteiger partial charge in [0.25, 0.3) is 0 Å². The van der Waals surface area contributed by atoms with E-state index in [0.29, 0.717) is 25.2 Å². The molecule has 1 heterocycles. The highest BCUT2D eigenvalue weighted by molar-refractivity contribution is 7.89. The molecule has 2 atom stereocenters. The van der Waals surface area contributed by atoms with Crippen LogP contribution in [0.2, 0.25) is 0 Å². The van der Waals surface area contributed by atoms with Crippen LogP contribution in [0.15, 0.2) is 0 Å². The molecule has 33 heavy (non-hydrogen) atoms. The predicted octanol–water partition coefficient (Wildman–Crippen LogP) is -1.32. The van der Waals surface area contributed by atoms with Crippen molar-refractivity contribution in [2.75, 3.05) is 31.9 Å². The molecule has 0 unspecified atom stereocenters. The molecule has 0 aliphatic carbocycles.